The number of carbonyl (C=O) groups is 5. The number of benzene rings is 15. The largest absolute Gasteiger partial charge is 0.489 e. The Morgan fingerprint density at radius 1 is 0.189 bits per heavy atom. The van der Waals surface area contributed by atoms with Gasteiger partial charge in [-0.05, 0) is 116 Å². The molecule has 1 saturated heterocycles. The highest BCUT2D eigenvalue weighted by Crippen LogP contribution is 2.38. The van der Waals surface area contributed by atoms with E-state index in [1.165, 1.54) is 60.7 Å². The van der Waals surface area contributed by atoms with Crippen molar-refractivity contribution in [2.24, 2.45) is 0 Å². The molecule has 1 aliphatic rings. The van der Waals surface area contributed by atoms with Crippen molar-refractivity contribution >= 4 is 29.8 Å². The Hall–Kier alpha value is -16.4. The fourth-order valence-electron chi connectivity index (χ4n) is 14.2. The molecule has 0 aliphatic carbocycles. The van der Waals surface area contributed by atoms with Crippen molar-refractivity contribution in [1.82, 2.24) is 0 Å². The van der Waals surface area contributed by atoms with Crippen LogP contribution in [0.15, 0.2) is 394 Å². The second-order valence-electron chi connectivity index (χ2n) is 30.9. The molecule has 5 atom stereocenters. The topological polar surface area (TPSA) is 233 Å². The van der Waals surface area contributed by atoms with E-state index in [1.807, 2.05) is 303 Å². The van der Waals surface area contributed by atoms with Crippen LogP contribution in [0.25, 0.3) is 0 Å². The maximum Gasteiger partial charge on any atom is 0.340 e. The van der Waals surface area contributed by atoms with Crippen LogP contribution in [0, 0.1) is 0 Å². The monoisotopic (exact) mass is 1760 g/mol. The fraction of sp³-hybridized carbons (Fsp3) is 0.144. The summed E-state index contributed by atoms with van der Waals surface area (Å²) in [5.74, 6) is -3.91. The number of rotatable bonds is 41. The van der Waals surface area contributed by atoms with E-state index in [0.29, 0.717) is 0 Å². The van der Waals surface area contributed by atoms with Gasteiger partial charge >= 0.3 is 29.8 Å². The van der Waals surface area contributed by atoms with Gasteiger partial charge < -0.3 is 75.8 Å². The van der Waals surface area contributed by atoms with Crippen LogP contribution in [0.2, 0.25) is 0 Å². The summed E-state index contributed by atoms with van der Waals surface area (Å²) in [7, 11) is 0. The lowest BCUT2D eigenvalue weighted by Gasteiger charge is -2.44. The van der Waals surface area contributed by atoms with Crippen molar-refractivity contribution < 1.29 is 99.8 Å². The number of ether oxygens (including phenoxy) is 16. The van der Waals surface area contributed by atoms with Crippen LogP contribution in [-0.4, -0.2) is 67.2 Å². The number of esters is 5. The van der Waals surface area contributed by atoms with E-state index in [9.17, 15) is 0 Å². The zero-order valence-electron chi connectivity index (χ0n) is 71.8. The predicted octanol–water partition coefficient (Wildman–Crippen LogP) is 21.9. The van der Waals surface area contributed by atoms with Crippen LogP contribution >= 0.6 is 0 Å². The number of hydrogen-bond acceptors (Lipinski definition) is 21. The Bertz CT molecular complexity index is 5960. The second kappa shape index (κ2) is 45.3. The van der Waals surface area contributed by atoms with Crippen LogP contribution in [0.3, 0.4) is 0 Å². The predicted molar refractivity (Wildman–Crippen MR) is 492 cm³/mol. The molecule has 0 saturated carbocycles. The molecule has 1 fully saturated rings. The molecule has 0 spiro atoms. The molecule has 0 amide bonds. The molecule has 16 rings (SSSR count). The van der Waals surface area contributed by atoms with Gasteiger partial charge in [0.2, 0.25) is 12.4 Å². The van der Waals surface area contributed by atoms with E-state index >= 15 is 24.0 Å². The first-order chi connectivity index (χ1) is 64.9. The highest BCUT2D eigenvalue weighted by atomic mass is 16.7. The Morgan fingerprint density at radius 2 is 0.356 bits per heavy atom. The van der Waals surface area contributed by atoms with Crippen LogP contribution < -0.4 is 47.4 Å². The zero-order valence-corrected chi connectivity index (χ0v) is 71.8. The molecule has 0 bridgehead atoms. The maximum absolute atomic E-state index is 16.4. The molecule has 21 heteroatoms. The van der Waals surface area contributed by atoms with Crippen LogP contribution in [0.5, 0.6) is 57.5 Å². The minimum Gasteiger partial charge on any atom is -0.489 e. The van der Waals surface area contributed by atoms with Gasteiger partial charge in [0.15, 0.2) is 12.2 Å². The molecule has 662 valence electrons. The van der Waals surface area contributed by atoms with E-state index < -0.39 is 67.2 Å². The highest BCUT2D eigenvalue weighted by Gasteiger charge is 2.55. The minimum atomic E-state index is -2.25. The van der Waals surface area contributed by atoms with E-state index in [-0.39, 0.29) is 151 Å². The summed E-state index contributed by atoms with van der Waals surface area (Å²) in [4.78, 5) is 80.5. The molecule has 0 radical (unpaired) electrons. The fourth-order valence-corrected chi connectivity index (χ4v) is 14.2. The molecule has 132 heavy (non-hydrogen) atoms. The molecule has 15 aromatic rings. The third kappa shape index (κ3) is 26.2. The van der Waals surface area contributed by atoms with Gasteiger partial charge in [0.1, 0.15) is 136 Å². The third-order valence-corrected chi connectivity index (χ3v) is 21.0. The molecule has 1 unspecified atom stereocenters. The number of carbonyl (C=O) groups excluding carboxylic acids is 5. The SMILES string of the molecule is O=C(OC[C@H]1OC(OC(=O)c2cc(OCc3ccccc3)cc(OCc3ccccc3)c2)[C@H](OC(=O)c2cc(OCc3ccccc3)cc(OCc3ccccc3)c2)[C@@H](OC(=O)c2cc(OCc3ccccc3)cc(OCc3ccccc3)c2)[C@@H]1OC(=O)c1cc(OCc2ccccc2)cc(OCc2ccccc2)c1)c1cc(OCc2ccccc2)cc(OCc2ccccc2)c1. The maximum atomic E-state index is 16.4. The van der Waals surface area contributed by atoms with E-state index in [4.69, 9.17) is 75.8 Å². The van der Waals surface area contributed by atoms with Gasteiger partial charge in [-0.2, -0.15) is 0 Å². The summed E-state index contributed by atoms with van der Waals surface area (Å²) in [5, 5.41) is 0. The first-order valence-corrected chi connectivity index (χ1v) is 43.0. The Morgan fingerprint density at radius 3 is 0.553 bits per heavy atom. The molecule has 1 heterocycles. The first kappa shape index (κ1) is 89.0. The van der Waals surface area contributed by atoms with Gasteiger partial charge in [0, 0.05) is 30.3 Å². The van der Waals surface area contributed by atoms with E-state index in [2.05, 4.69) is 0 Å². The molecule has 1 aliphatic heterocycles. The molecule has 21 nitrogen and oxygen atoms in total. The Labute approximate surface area is 764 Å². The summed E-state index contributed by atoms with van der Waals surface area (Å²) >= 11 is 0. The third-order valence-electron chi connectivity index (χ3n) is 21.0. The van der Waals surface area contributed by atoms with Crippen molar-refractivity contribution in [1.29, 1.82) is 0 Å². The van der Waals surface area contributed by atoms with Gasteiger partial charge in [0.25, 0.3) is 0 Å². The lowest BCUT2D eigenvalue weighted by molar-refractivity contribution is -0.282. The van der Waals surface area contributed by atoms with Crippen molar-refractivity contribution in [2.45, 2.75) is 96.8 Å². The molecular weight excluding hydrogens is 1670 g/mol. The summed E-state index contributed by atoms with van der Waals surface area (Å²) in [6.45, 7) is -0.400. The van der Waals surface area contributed by atoms with Crippen molar-refractivity contribution in [3.63, 3.8) is 0 Å². The minimum absolute atomic E-state index is 0.0334. The average Bonchev–Trinajstić information content (AvgIpc) is 0.765. The van der Waals surface area contributed by atoms with Crippen molar-refractivity contribution in [3.8, 4) is 57.5 Å². The first-order valence-electron chi connectivity index (χ1n) is 43.0. The van der Waals surface area contributed by atoms with Crippen LogP contribution in [-0.2, 0) is 94.5 Å². The highest BCUT2D eigenvalue weighted by molar-refractivity contribution is 5.94. The van der Waals surface area contributed by atoms with E-state index in [0.717, 1.165) is 55.6 Å². The van der Waals surface area contributed by atoms with Crippen molar-refractivity contribution in [3.05, 3.63) is 478 Å². The summed E-state index contributed by atoms with van der Waals surface area (Å²) < 4.78 is 105. The number of hydrogen-bond donors (Lipinski definition) is 0. The summed E-state index contributed by atoms with van der Waals surface area (Å²) in [5.41, 5.74) is 7.15. The average molecular weight is 1760 g/mol. The quantitative estimate of drug-likeness (QED) is 0.0256. The molecule has 15 aromatic carbocycles. The van der Waals surface area contributed by atoms with Gasteiger partial charge in [0.05, 0.1) is 27.8 Å². The Kier molecular flexibility index (Phi) is 30.6. The smallest absolute Gasteiger partial charge is 0.340 e. The lowest BCUT2D eigenvalue weighted by atomic mass is 9.97. The van der Waals surface area contributed by atoms with Gasteiger partial charge in [-0.25, -0.2) is 24.0 Å². The van der Waals surface area contributed by atoms with Crippen molar-refractivity contribution in [2.75, 3.05) is 6.61 Å². The van der Waals surface area contributed by atoms with Gasteiger partial charge in [-0.15, -0.1) is 0 Å². The second-order valence-corrected chi connectivity index (χ2v) is 30.9. The summed E-state index contributed by atoms with van der Waals surface area (Å²) in [6, 6.07) is 116. The van der Waals surface area contributed by atoms with Crippen LogP contribution in [0.1, 0.15) is 107 Å². The lowest BCUT2D eigenvalue weighted by Crippen LogP contribution is -2.63. The van der Waals surface area contributed by atoms with Gasteiger partial charge in [-0.3, -0.25) is 0 Å². The summed E-state index contributed by atoms with van der Waals surface area (Å²) in [6.07, 6.45) is -10.6. The molecule has 0 N–H and O–H groups in total. The zero-order chi connectivity index (χ0) is 90.3. The normalized spacial score (nSPS) is 14.3. The Balaban J connectivity index is 0.851. The van der Waals surface area contributed by atoms with Crippen LogP contribution in [0.4, 0.5) is 0 Å². The van der Waals surface area contributed by atoms with E-state index in [1.54, 1.807) is 30.3 Å². The standard InChI is InChI=1S/C111H92O21/c112-106(87-51-92(117-66-77-31-11-1-12-32-77)61-93(52-87)118-67-78-33-13-2-14-34-78)127-76-102-103(129-107(113)88-53-94(119-68-79-35-15-3-16-36-79)62-95(54-88)120-69-80-37-17-4-18-38-80)104(130-108(114)89-55-96(121-70-81-39-19-5-20-40-81)63-97(56-89)122-71-82-41-21-6-22-42-82)105(131-109(115)90-57-98(123-72-83-43-23-7-24-44-83)64-99(58-90)124-73-84-45-25-8-26-46-84)111(128-102)132-110(116)91-59-100(125-74-85-47-27-9-28-48-85)65-101(60-91)126-75-86-49-29-10-30-50-86/h1-65,102-105,111H,66-76H2/t102-,103-,104+,105-,111?/m1/s1. The molecule has 0 aromatic heterocycles. The molecular formula is C111H92O21. The van der Waals surface area contributed by atoms with Gasteiger partial charge in [-0.1, -0.05) is 303 Å².